The van der Waals surface area contributed by atoms with Crippen LogP contribution in [0.3, 0.4) is 0 Å². The van der Waals surface area contributed by atoms with Gasteiger partial charge in [0.15, 0.2) is 10.8 Å². The molecule has 182 valence electrons. The highest BCUT2D eigenvalue weighted by atomic mass is 32.2. The number of thiazole rings is 1. The summed E-state index contributed by atoms with van der Waals surface area (Å²) in [5.74, 6) is -4.64. The number of nitrogens with one attached hydrogen (secondary N) is 1. The fourth-order valence-electron chi connectivity index (χ4n) is 3.32. The number of carbonyl (C=O) groups excluding carboxylic acids is 4. The lowest BCUT2D eigenvalue weighted by Crippen LogP contribution is -2.71. The summed E-state index contributed by atoms with van der Waals surface area (Å²) in [4.78, 5) is 68.8. The lowest BCUT2D eigenvalue weighted by atomic mass is 10.0. The first-order chi connectivity index (χ1) is 16.6. The summed E-state index contributed by atoms with van der Waals surface area (Å²) in [5, 5.41) is 28.9. The number of rotatable bonds is 6. The van der Waals surface area contributed by atoms with Gasteiger partial charge in [-0.25, -0.2) is 14.6 Å². The Morgan fingerprint density at radius 1 is 1.37 bits per heavy atom. The van der Waals surface area contributed by atoms with Crippen molar-refractivity contribution in [3.05, 3.63) is 22.3 Å². The molecule has 1 aromatic rings. The van der Waals surface area contributed by atoms with Gasteiger partial charge >= 0.3 is 23.0 Å². The molecule has 15 nitrogen and oxygen atoms in total. The fourth-order valence-corrected chi connectivity index (χ4v) is 6.26. The number of nitrogens with two attached hydrogens (primary N) is 1. The smallest absolute Gasteiger partial charge is 0.446 e. The number of amides is 4. The van der Waals surface area contributed by atoms with E-state index in [1.54, 1.807) is 0 Å². The third-order valence-corrected chi connectivity index (χ3v) is 8.01. The van der Waals surface area contributed by atoms with Crippen molar-refractivity contribution in [1.29, 1.82) is 0 Å². The number of carboxylic acids is 1. The number of carboxylic acid groups (broad SMARTS) is 1. The molecule has 5 N–H and O–H groups in total. The summed E-state index contributed by atoms with van der Waals surface area (Å²) < 4.78 is 1.12. The van der Waals surface area contributed by atoms with Crippen LogP contribution in [0.15, 0.2) is 31.9 Å². The third-order valence-electron chi connectivity index (χ3n) is 4.89. The van der Waals surface area contributed by atoms with E-state index in [1.165, 1.54) is 24.2 Å². The van der Waals surface area contributed by atoms with Crippen LogP contribution in [0.2, 0.25) is 0 Å². The lowest BCUT2D eigenvalue weighted by Gasteiger charge is -2.49. The Morgan fingerprint density at radius 2 is 2.11 bits per heavy atom. The number of carbonyl (C=O) groups is 5. The number of hydrogen-bond donors (Lipinski definition) is 4. The summed E-state index contributed by atoms with van der Waals surface area (Å²) >= 11 is 3.25. The zero-order chi connectivity index (χ0) is 25.4. The zero-order valence-electron chi connectivity index (χ0n) is 17.6. The molecule has 0 spiro atoms. The van der Waals surface area contributed by atoms with E-state index in [-0.39, 0.29) is 33.2 Å². The second-order valence-corrected chi connectivity index (χ2v) is 9.99. The van der Waals surface area contributed by atoms with Gasteiger partial charge in [-0.1, -0.05) is 5.16 Å². The van der Waals surface area contributed by atoms with Crippen molar-refractivity contribution >= 4 is 80.5 Å². The predicted molar refractivity (Wildman–Crippen MR) is 123 cm³/mol. The van der Waals surface area contributed by atoms with E-state index < -0.39 is 46.7 Å². The topological polar surface area (TPSA) is 220 Å². The normalized spacial score (nSPS) is 22.4. The number of hydrogen-bond acceptors (Lipinski definition) is 12. The van der Waals surface area contributed by atoms with E-state index in [9.17, 15) is 34.3 Å². The maximum absolute atomic E-state index is 12.8. The Morgan fingerprint density at radius 3 is 2.74 bits per heavy atom. The van der Waals surface area contributed by atoms with E-state index in [0.717, 1.165) is 32.7 Å². The number of nitrogen functional groups attached to an aromatic ring is 1. The zero-order valence-corrected chi connectivity index (χ0v) is 20.0. The van der Waals surface area contributed by atoms with Crippen LogP contribution < -0.4 is 11.1 Å². The number of anilines is 1. The van der Waals surface area contributed by atoms with Crippen LogP contribution in [-0.2, 0) is 24.0 Å². The van der Waals surface area contributed by atoms with E-state index in [1.807, 2.05) is 0 Å². The molecule has 0 radical (unpaired) electrons. The molecule has 4 amide bonds. The molecule has 1 fully saturated rings. The maximum atomic E-state index is 12.8. The maximum Gasteiger partial charge on any atom is 0.446 e. The molecular weight excluding hydrogens is 524 g/mol. The second kappa shape index (κ2) is 9.55. The van der Waals surface area contributed by atoms with Crippen molar-refractivity contribution in [3.8, 4) is 0 Å². The van der Waals surface area contributed by atoms with E-state index in [0.29, 0.717) is 5.57 Å². The van der Waals surface area contributed by atoms with Crippen LogP contribution in [0.1, 0.15) is 5.69 Å². The second-order valence-electron chi connectivity index (χ2n) is 7.05. The lowest BCUT2D eigenvalue weighted by molar-refractivity contribution is -0.440. The quantitative estimate of drug-likeness (QED) is 0.0848. The van der Waals surface area contributed by atoms with Gasteiger partial charge in [0.25, 0.3) is 11.8 Å². The summed E-state index contributed by atoms with van der Waals surface area (Å²) in [5.41, 5.74) is 5.27. The van der Waals surface area contributed by atoms with Crippen molar-refractivity contribution in [1.82, 2.24) is 15.2 Å². The molecule has 1 saturated heterocycles. The van der Waals surface area contributed by atoms with Crippen LogP contribution in [-0.4, -0.2) is 95.3 Å². The van der Waals surface area contributed by atoms with Crippen molar-refractivity contribution < 1.29 is 39.0 Å². The first-order valence-electron chi connectivity index (χ1n) is 9.51. The number of amidine groups is 1. The Labute approximate surface area is 207 Å². The van der Waals surface area contributed by atoms with Gasteiger partial charge in [0.1, 0.15) is 29.9 Å². The van der Waals surface area contributed by atoms with Gasteiger partial charge < -0.3 is 21.4 Å². The number of aliphatic imine (C=N–C) groups is 1. The highest BCUT2D eigenvalue weighted by molar-refractivity contribution is 8.13. The number of azo groups is 2. The van der Waals surface area contributed by atoms with Gasteiger partial charge in [0, 0.05) is 21.9 Å². The molecule has 3 aliphatic heterocycles. The molecule has 35 heavy (non-hydrogen) atoms. The number of fused-ring (bicyclic) bond motifs is 1. The first-order valence-corrected chi connectivity index (χ1v) is 12.4. The van der Waals surface area contributed by atoms with Crippen LogP contribution >= 0.6 is 34.9 Å². The number of oxime groups is 1. The minimum atomic E-state index is -1.34. The summed E-state index contributed by atoms with van der Waals surface area (Å²) in [6.45, 7) is 0. The molecule has 4 heterocycles. The fraction of sp³-hybridized carbons (Fsp3) is 0.294. The van der Waals surface area contributed by atoms with Gasteiger partial charge in [-0.15, -0.1) is 27.8 Å². The molecule has 4 rings (SSSR count). The number of thioether (sulfide) groups is 2. The number of aromatic nitrogens is 1. The average Bonchev–Trinajstić information content (AvgIpc) is 3.24. The predicted octanol–water partition coefficient (Wildman–Crippen LogP) is -1.11. The minimum absolute atomic E-state index is 0.0281. The summed E-state index contributed by atoms with van der Waals surface area (Å²) in [6.07, 6.45) is 0. The molecule has 0 aromatic carbocycles. The number of nitrogens with zero attached hydrogens (tertiary/aromatic N) is 6. The largest absolute Gasteiger partial charge is 0.477 e. The first kappa shape index (κ1) is 24.5. The van der Waals surface area contributed by atoms with Crippen molar-refractivity contribution in [2.75, 3.05) is 24.3 Å². The molecular formula is C17H15N8O7S3+. The highest BCUT2D eigenvalue weighted by Crippen LogP contribution is 2.41. The molecule has 2 atom stereocenters. The standard InChI is InChI=1S/C17H14N8O7S3/c1-24-17(21-11(27)12(28)22-24)35-3-5-2-33-14-8(13(29)25(14)9(5)15(30)31)20-10(26)7(23-32)6-4-34-16(18)19-6/h4,8,14H,2-3H2,1H3,(H4-,18,19,20,26,30,31,32)/p+1/t8-,14-/m1/s1. The highest BCUT2D eigenvalue weighted by Gasteiger charge is 2.54. The summed E-state index contributed by atoms with van der Waals surface area (Å²) in [7, 11) is 1.42. The van der Waals surface area contributed by atoms with Gasteiger partial charge in [0.05, 0.1) is 0 Å². The van der Waals surface area contributed by atoms with E-state index >= 15 is 0 Å². The third kappa shape index (κ3) is 4.54. The molecule has 0 unspecified atom stereocenters. The van der Waals surface area contributed by atoms with Gasteiger partial charge in [-0.2, -0.15) is 0 Å². The Bertz CT molecular complexity index is 1300. The molecule has 0 saturated carbocycles. The van der Waals surface area contributed by atoms with Crippen molar-refractivity contribution in [2.45, 2.75) is 11.4 Å². The molecule has 18 heteroatoms. The van der Waals surface area contributed by atoms with Crippen LogP contribution in [0.5, 0.6) is 0 Å². The molecule has 0 aliphatic carbocycles. The van der Waals surface area contributed by atoms with Crippen LogP contribution in [0.4, 0.5) is 5.13 Å². The summed E-state index contributed by atoms with van der Waals surface area (Å²) in [6, 6.07) is -1.06. The minimum Gasteiger partial charge on any atom is -0.477 e. The Kier molecular flexibility index (Phi) is 6.68. The average molecular weight is 540 g/mol. The van der Waals surface area contributed by atoms with Crippen molar-refractivity contribution in [2.24, 2.45) is 15.3 Å². The van der Waals surface area contributed by atoms with Gasteiger partial charge in [-0.3, -0.25) is 19.3 Å². The molecule has 1 aromatic heterocycles. The monoisotopic (exact) mass is 539 g/mol. The molecule has 0 bridgehead atoms. The SMILES string of the molecule is C[N+]1=NC(=O)C(=O)N=C1SCC1=C(C(=O)O)N2C(=O)[C@@H](NC(=O)/C(=N\O)c3csc(N)n3)[C@H]2SC1. The van der Waals surface area contributed by atoms with Crippen LogP contribution in [0, 0.1) is 0 Å². The van der Waals surface area contributed by atoms with E-state index in [4.69, 9.17) is 5.73 Å². The Hall–Kier alpha value is -3.64. The van der Waals surface area contributed by atoms with Crippen molar-refractivity contribution in [3.63, 3.8) is 0 Å². The molecule has 3 aliphatic rings. The van der Waals surface area contributed by atoms with Gasteiger partial charge in [-0.05, 0) is 22.4 Å². The Balaban J connectivity index is 1.48. The number of aliphatic carboxylic acids is 1. The number of β-lactam (4-membered cyclic amide) rings is 1. The van der Waals surface area contributed by atoms with Crippen LogP contribution in [0.25, 0.3) is 0 Å². The van der Waals surface area contributed by atoms with Gasteiger partial charge in [0.2, 0.25) is 0 Å². The van der Waals surface area contributed by atoms with E-state index in [2.05, 4.69) is 25.6 Å².